The van der Waals surface area contributed by atoms with Gasteiger partial charge in [-0.3, -0.25) is 9.59 Å². The molecule has 0 unspecified atom stereocenters. The summed E-state index contributed by atoms with van der Waals surface area (Å²) in [6, 6.07) is 11.7. The lowest BCUT2D eigenvalue weighted by Gasteiger charge is -2.29. The van der Waals surface area contributed by atoms with Crippen molar-refractivity contribution in [3.8, 4) is 17.0 Å². The number of imidazole rings is 1. The fourth-order valence-corrected chi connectivity index (χ4v) is 4.08. The molecule has 0 aliphatic rings. The van der Waals surface area contributed by atoms with Gasteiger partial charge in [0.15, 0.2) is 11.6 Å². The number of rotatable bonds is 8. The second-order valence-corrected chi connectivity index (χ2v) is 10.2. The van der Waals surface area contributed by atoms with Crippen LogP contribution in [0.3, 0.4) is 0 Å². The number of nitrogens with one attached hydrogen (secondary N) is 3. The number of carboxylic acid groups (broad SMARTS) is 1. The largest absolute Gasteiger partial charge is 0.494 e. The predicted octanol–water partition coefficient (Wildman–Crippen LogP) is 3.30. The van der Waals surface area contributed by atoms with Gasteiger partial charge < -0.3 is 36.3 Å². The second kappa shape index (κ2) is 11.0. The third-order valence-corrected chi connectivity index (χ3v) is 6.37. The first kappa shape index (κ1) is 28.0. The highest BCUT2D eigenvalue weighted by Gasteiger charge is 2.27. The molecule has 4 aromatic rings. The predicted molar refractivity (Wildman–Crippen MR) is 149 cm³/mol. The molecule has 12 nitrogen and oxygen atoms in total. The Kier molecular flexibility index (Phi) is 7.73. The van der Waals surface area contributed by atoms with Crippen LogP contribution in [0.15, 0.2) is 48.5 Å². The Morgan fingerprint density at radius 2 is 1.80 bits per heavy atom. The molecule has 0 saturated carbocycles. The number of methoxy groups -OCH3 is 1. The van der Waals surface area contributed by atoms with Gasteiger partial charge in [-0.25, -0.2) is 14.8 Å². The summed E-state index contributed by atoms with van der Waals surface area (Å²) < 4.78 is 5.33. The Hall–Kier alpha value is -4.97. The molecule has 0 fully saturated rings. The number of ether oxygens (including phenoxy) is 1. The summed E-state index contributed by atoms with van der Waals surface area (Å²) in [4.78, 5) is 49.7. The van der Waals surface area contributed by atoms with E-state index in [-0.39, 0.29) is 46.4 Å². The quantitative estimate of drug-likeness (QED) is 0.192. The van der Waals surface area contributed by atoms with E-state index in [9.17, 15) is 24.6 Å². The van der Waals surface area contributed by atoms with Gasteiger partial charge in [-0.1, -0.05) is 26.8 Å². The third kappa shape index (κ3) is 5.86. The van der Waals surface area contributed by atoms with E-state index in [1.807, 2.05) is 20.8 Å². The van der Waals surface area contributed by atoms with Crippen molar-refractivity contribution < 1.29 is 29.3 Å². The summed E-state index contributed by atoms with van der Waals surface area (Å²) in [5.41, 5.74) is 7.23. The van der Waals surface area contributed by atoms with Crippen molar-refractivity contribution in [2.24, 2.45) is 5.41 Å². The summed E-state index contributed by atoms with van der Waals surface area (Å²) >= 11 is 0. The van der Waals surface area contributed by atoms with Gasteiger partial charge >= 0.3 is 5.97 Å². The first-order valence-electron chi connectivity index (χ1n) is 12.3. The summed E-state index contributed by atoms with van der Waals surface area (Å²) in [6.45, 7) is 5.33. The fraction of sp³-hybridized carbons (Fsp3) is 0.250. The first-order chi connectivity index (χ1) is 18.9. The van der Waals surface area contributed by atoms with Gasteiger partial charge in [-0.2, -0.15) is 0 Å². The maximum Gasteiger partial charge on any atom is 0.336 e. The van der Waals surface area contributed by atoms with Crippen LogP contribution >= 0.6 is 0 Å². The number of hydrogen-bond acceptors (Lipinski definition) is 8. The number of benzene rings is 2. The number of carbonyl (C=O) groups is 3. The van der Waals surface area contributed by atoms with Gasteiger partial charge in [0.05, 0.1) is 42.0 Å². The molecular weight excluding hydrogens is 516 g/mol. The number of nitrogens with zero attached hydrogens (tertiary/aromatic N) is 2. The molecule has 0 bridgehead atoms. The molecule has 208 valence electrons. The zero-order chi connectivity index (χ0) is 29.2. The van der Waals surface area contributed by atoms with Crippen LogP contribution in [0.5, 0.6) is 5.75 Å². The highest BCUT2D eigenvalue weighted by Crippen LogP contribution is 2.28. The SMILES string of the molecule is COc1ccc(-c2ccc(C(=O)N[C@H](CO)C(C)(C)C)cc2C(=O)O)nc1C(=O)Nc1ccc2nc(N)[nH]c2c1. The highest BCUT2D eigenvalue weighted by atomic mass is 16.5. The number of carbonyl (C=O) groups excluding carboxylic acids is 2. The zero-order valence-electron chi connectivity index (χ0n) is 22.4. The van der Waals surface area contributed by atoms with Crippen molar-refractivity contribution in [2.45, 2.75) is 26.8 Å². The molecule has 12 heteroatoms. The van der Waals surface area contributed by atoms with E-state index in [1.165, 1.54) is 37.4 Å². The van der Waals surface area contributed by atoms with Crippen molar-refractivity contribution in [3.63, 3.8) is 0 Å². The number of nitrogen functional groups attached to an aromatic ring is 1. The molecule has 2 amide bonds. The summed E-state index contributed by atoms with van der Waals surface area (Å²) in [5, 5.41) is 25.1. The summed E-state index contributed by atoms with van der Waals surface area (Å²) in [7, 11) is 1.39. The van der Waals surface area contributed by atoms with Crippen LogP contribution in [0, 0.1) is 5.41 Å². The van der Waals surface area contributed by atoms with E-state index < -0.39 is 29.2 Å². The molecule has 2 heterocycles. The second-order valence-electron chi connectivity index (χ2n) is 10.2. The number of nitrogens with two attached hydrogens (primary N) is 1. The smallest absolute Gasteiger partial charge is 0.336 e. The molecule has 2 aromatic heterocycles. The molecule has 0 radical (unpaired) electrons. The van der Waals surface area contributed by atoms with Crippen LogP contribution in [-0.2, 0) is 0 Å². The van der Waals surface area contributed by atoms with Crippen molar-refractivity contribution >= 4 is 40.5 Å². The zero-order valence-corrected chi connectivity index (χ0v) is 22.4. The van der Waals surface area contributed by atoms with Crippen LogP contribution < -0.4 is 21.1 Å². The molecule has 0 saturated heterocycles. The Bertz CT molecular complexity index is 1610. The van der Waals surface area contributed by atoms with Crippen molar-refractivity contribution in [1.82, 2.24) is 20.3 Å². The van der Waals surface area contributed by atoms with Gasteiger partial charge in [0.25, 0.3) is 11.8 Å². The van der Waals surface area contributed by atoms with Crippen molar-refractivity contribution in [1.29, 1.82) is 0 Å². The fourth-order valence-electron chi connectivity index (χ4n) is 4.08. The Morgan fingerprint density at radius 3 is 2.45 bits per heavy atom. The lowest BCUT2D eigenvalue weighted by atomic mass is 9.87. The molecule has 1 atom stereocenters. The van der Waals surface area contributed by atoms with Crippen LogP contribution in [-0.4, -0.2) is 62.7 Å². The van der Waals surface area contributed by atoms with Crippen molar-refractivity contribution in [3.05, 3.63) is 65.4 Å². The lowest BCUT2D eigenvalue weighted by Crippen LogP contribution is -2.46. The van der Waals surface area contributed by atoms with Crippen molar-refractivity contribution in [2.75, 3.05) is 24.8 Å². The van der Waals surface area contributed by atoms with E-state index in [0.717, 1.165) is 0 Å². The highest BCUT2D eigenvalue weighted by molar-refractivity contribution is 6.06. The van der Waals surface area contributed by atoms with Gasteiger partial charge in [-0.05, 0) is 47.9 Å². The number of aliphatic hydroxyl groups excluding tert-OH is 1. The first-order valence-corrected chi connectivity index (χ1v) is 12.3. The normalized spacial score (nSPS) is 12.1. The standard InChI is InChI=1S/C28H30N6O6/c1-28(2,3)22(13-35)34-24(36)14-5-7-16(17(11-14)26(38)39)18-9-10-21(40-4)23(31-18)25(37)30-15-6-8-19-20(12-15)33-27(29)32-19/h5-12,22,35H,13H2,1-4H3,(H,30,37)(H,34,36)(H,38,39)(H3,29,32,33)/t22-/m1/s1. The number of pyridine rings is 1. The average molecular weight is 547 g/mol. The van der Waals surface area contributed by atoms with Crippen LogP contribution in [0.4, 0.5) is 11.6 Å². The Balaban J connectivity index is 1.66. The number of anilines is 2. The lowest BCUT2D eigenvalue weighted by molar-refractivity contribution is 0.0697. The molecule has 0 aliphatic carbocycles. The number of hydrogen-bond donors (Lipinski definition) is 6. The number of aromatic nitrogens is 3. The minimum Gasteiger partial charge on any atom is -0.494 e. The Morgan fingerprint density at radius 1 is 1.05 bits per heavy atom. The van der Waals surface area contributed by atoms with Gasteiger partial charge in [0, 0.05) is 16.8 Å². The molecule has 2 aromatic carbocycles. The van der Waals surface area contributed by atoms with E-state index in [2.05, 4.69) is 25.6 Å². The number of aliphatic hydroxyl groups is 1. The number of fused-ring (bicyclic) bond motifs is 1. The molecule has 0 aliphatic heterocycles. The molecular formula is C28H30N6O6. The number of aromatic carboxylic acids is 1. The number of amides is 2. The number of aromatic amines is 1. The summed E-state index contributed by atoms with van der Waals surface area (Å²) in [5.74, 6) is -1.97. The molecule has 40 heavy (non-hydrogen) atoms. The molecule has 4 rings (SSSR count). The molecule has 0 spiro atoms. The van der Waals surface area contributed by atoms with Gasteiger partial charge in [0.1, 0.15) is 5.75 Å². The minimum atomic E-state index is -1.28. The number of carboxylic acids is 1. The topological polar surface area (TPSA) is 193 Å². The van der Waals surface area contributed by atoms with E-state index in [0.29, 0.717) is 16.7 Å². The minimum absolute atomic E-state index is 0.0710. The Labute approximate surface area is 229 Å². The third-order valence-electron chi connectivity index (χ3n) is 6.37. The average Bonchev–Trinajstić information content (AvgIpc) is 3.29. The van der Waals surface area contributed by atoms with Crippen LogP contribution in [0.1, 0.15) is 52.0 Å². The van der Waals surface area contributed by atoms with Crippen LogP contribution in [0.2, 0.25) is 0 Å². The summed E-state index contributed by atoms with van der Waals surface area (Å²) in [6.07, 6.45) is 0. The van der Waals surface area contributed by atoms with E-state index >= 15 is 0 Å². The maximum atomic E-state index is 13.2. The van der Waals surface area contributed by atoms with E-state index in [1.54, 1.807) is 18.2 Å². The van der Waals surface area contributed by atoms with Gasteiger partial charge in [0.2, 0.25) is 0 Å². The maximum absolute atomic E-state index is 13.2. The monoisotopic (exact) mass is 546 g/mol. The molecule has 7 N–H and O–H groups in total. The van der Waals surface area contributed by atoms with Crippen LogP contribution in [0.25, 0.3) is 22.3 Å². The number of H-pyrrole nitrogens is 1. The van der Waals surface area contributed by atoms with Gasteiger partial charge in [-0.15, -0.1) is 0 Å². The van der Waals surface area contributed by atoms with E-state index in [4.69, 9.17) is 10.5 Å².